The number of nitrogens with two attached hydrogens (primary N) is 1. The van der Waals surface area contributed by atoms with Crippen LogP contribution in [0.5, 0.6) is 11.5 Å². The molecule has 0 unspecified atom stereocenters. The summed E-state index contributed by atoms with van der Waals surface area (Å²) in [5.74, 6) is 1.46. The summed E-state index contributed by atoms with van der Waals surface area (Å²) in [5.41, 5.74) is 7.30. The van der Waals surface area contributed by atoms with E-state index in [0.29, 0.717) is 11.5 Å². The molecule has 0 radical (unpaired) electrons. The van der Waals surface area contributed by atoms with Crippen LogP contribution in [0.1, 0.15) is 0 Å². The average Bonchev–Trinajstić information content (AvgIpc) is 2.81. The molecule has 3 rings (SSSR count). The lowest BCUT2D eigenvalue weighted by Crippen LogP contribution is -2.15. The number of fused-ring (bicyclic) bond motifs is 2. The molecule has 0 saturated carbocycles. The largest absolute Gasteiger partial charge is 0.454 e. The second kappa shape index (κ2) is 3.34. The fourth-order valence-corrected chi connectivity index (χ4v) is 1.88. The first kappa shape index (κ1) is 9.41. The van der Waals surface area contributed by atoms with Gasteiger partial charge in [0.1, 0.15) is 0 Å². The van der Waals surface area contributed by atoms with E-state index >= 15 is 0 Å². The maximum Gasteiger partial charge on any atom is 0.231 e. The Morgan fingerprint density at radius 1 is 1.44 bits per heavy atom. The van der Waals surface area contributed by atoms with E-state index in [4.69, 9.17) is 27.4 Å². The molecule has 0 fully saturated rings. The van der Waals surface area contributed by atoms with Crippen molar-refractivity contribution in [2.24, 2.45) is 5.73 Å². The molecule has 82 valence electrons. The van der Waals surface area contributed by atoms with Crippen LogP contribution in [0.3, 0.4) is 0 Å². The summed E-state index contributed by atoms with van der Waals surface area (Å²) in [4.78, 5) is 4.69. The van der Waals surface area contributed by atoms with Crippen LogP contribution in [-0.4, -0.2) is 21.3 Å². The molecular formula is C10H9N3O2S. The van der Waals surface area contributed by atoms with Gasteiger partial charge in [-0.3, -0.25) is 0 Å². The normalized spacial score (nSPS) is 13.2. The van der Waals surface area contributed by atoms with Gasteiger partial charge < -0.3 is 19.8 Å². The van der Waals surface area contributed by atoms with Crippen LogP contribution in [0.4, 0.5) is 0 Å². The van der Waals surface area contributed by atoms with Crippen LogP contribution in [0, 0.1) is 0 Å². The lowest BCUT2D eigenvalue weighted by atomic mass is 10.2. The molecule has 5 nitrogen and oxygen atoms in total. The molecule has 0 aliphatic carbocycles. The van der Waals surface area contributed by atoms with E-state index in [1.54, 1.807) is 6.33 Å². The van der Waals surface area contributed by atoms with E-state index in [2.05, 4.69) is 4.98 Å². The number of aromatic nitrogens is 2. The molecule has 0 bridgehead atoms. The second-order valence-electron chi connectivity index (χ2n) is 3.53. The monoisotopic (exact) mass is 235 g/mol. The first-order valence-corrected chi connectivity index (χ1v) is 5.17. The topological polar surface area (TPSA) is 62.3 Å². The quantitative estimate of drug-likeness (QED) is 0.788. The highest BCUT2D eigenvalue weighted by molar-refractivity contribution is 7.80. The van der Waals surface area contributed by atoms with Crippen molar-refractivity contribution >= 4 is 28.2 Å². The Morgan fingerprint density at radius 3 is 2.94 bits per heavy atom. The van der Waals surface area contributed by atoms with Crippen molar-refractivity contribution < 1.29 is 9.47 Å². The third-order valence-corrected chi connectivity index (χ3v) is 2.57. The summed E-state index contributed by atoms with van der Waals surface area (Å²) in [6.45, 7) is 0.739. The molecule has 1 aliphatic rings. The first-order valence-electron chi connectivity index (χ1n) is 4.77. The minimum Gasteiger partial charge on any atom is -0.454 e. The Labute approximate surface area is 96.8 Å². The number of hydrogen-bond donors (Lipinski definition) is 1. The average molecular weight is 235 g/mol. The molecule has 1 aliphatic heterocycles. The Hall–Kier alpha value is -1.82. The van der Waals surface area contributed by atoms with Gasteiger partial charge in [0.25, 0.3) is 0 Å². The van der Waals surface area contributed by atoms with Crippen molar-refractivity contribution in [3.05, 3.63) is 18.5 Å². The van der Waals surface area contributed by atoms with E-state index in [9.17, 15) is 0 Å². The molecule has 2 aromatic rings. The molecule has 1 aromatic heterocycles. The minimum atomic E-state index is 0.261. The van der Waals surface area contributed by atoms with Gasteiger partial charge in [0, 0.05) is 12.1 Å². The lowest BCUT2D eigenvalue weighted by molar-refractivity contribution is 0.174. The van der Waals surface area contributed by atoms with E-state index < -0.39 is 0 Å². The Balaban J connectivity index is 2.15. The molecule has 0 spiro atoms. The Bertz CT molecular complexity index is 579. The summed E-state index contributed by atoms with van der Waals surface area (Å²) >= 11 is 4.88. The zero-order chi connectivity index (χ0) is 11.1. The van der Waals surface area contributed by atoms with Crippen molar-refractivity contribution in [1.82, 2.24) is 9.55 Å². The number of rotatable bonds is 2. The van der Waals surface area contributed by atoms with Gasteiger partial charge in [-0.15, -0.1) is 0 Å². The van der Waals surface area contributed by atoms with Gasteiger partial charge >= 0.3 is 0 Å². The predicted octanol–water partition coefficient (Wildman–Crippen LogP) is 1.05. The van der Waals surface area contributed by atoms with E-state index in [1.165, 1.54) is 0 Å². The molecule has 1 aromatic carbocycles. The van der Waals surface area contributed by atoms with Crippen LogP contribution < -0.4 is 15.2 Å². The third-order valence-electron chi connectivity index (χ3n) is 2.44. The first-order chi connectivity index (χ1) is 7.74. The molecular weight excluding hydrogens is 226 g/mol. The third kappa shape index (κ3) is 1.38. The van der Waals surface area contributed by atoms with Gasteiger partial charge in [-0.1, -0.05) is 12.2 Å². The zero-order valence-corrected chi connectivity index (χ0v) is 9.16. The van der Waals surface area contributed by atoms with E-state index in [0.717, 1.165) is 22.5 Å². The number of thiocarbonyl (C=S) groups is 1. The van der Waals surface area contributed by atoms with Gasteiger partial charge in [-0.05, 0) is 0 Å². The lowest BCUT2D eigenvalue weighted by Gasteiger charge is -2.02. The summed E-state index contributed by atoms with van der Waals surface area (Å²) in [5, 5.41) is 0. The van der Waals surface area contributed by atoms with Gasteiger partial charge in [0.05, 0.1) is 28.9 Å². The smallest absolute Gasteiger partial charge is 0.231 e. The minimum absolute atomic E-state index is 0.261. The van der Waals surface area contributed by atoms with Crippen LogP contribution in [0.25, 0.3) is 11.0 Å². The van der Waals surface area contributed by atoms with Crippen molar-refractivity contribution in [1.29, 1.82) is 0 Å². The van der Waals surface area contributed by atoms with Crippen molar-refractivity contribution in [2.75, 3.05) is 6.79 Å². The summed E-state index contributed by atoms with van der Waals surface area (Å²) in [6.07, 6.45) is 1.71. The highest BCUT2D eigenvalue weighted by Gasteiger charge is 2.16. The second-order valence-corrected chi connectivity index (χ2v) is 4.06. The van der Waals surface area contributed by atoms with Crippen LogP contribution in [0.15, 0.2) is 18.5 Å². The number of nitrogens with zero attached hydrogens (tertiary/aromatic N) is 2. The maximum atomic E-state index is 5.51. The van der Waals surface area contributed by atoms with E-state index in [-0.39, 0.29) is 6.79 Å². The molecule has 0 amide bonds. The van der Waals surface area contributed by atoms with Gasteiger partial charge in [-0.25, -0.2) is 4.98 Å². The summed E-state index contributed by atoms with van der Waals surface area (Å²) in [6, 6.07) is 3.75. The van der Waals surface area contributed by atoms with Gasteiger partial charge in [0.15, 0.2) is 11.5 Å². The molecule has 0 saturated heterocycles. The van der Waals surface area contributed by atoms with E-state index in [1.807, 2.05) is 16.7 Å². The number of benzene rings is 1. The maximum absolute atomic E-state index is 5.51. The summed E-state index contributed by atoms with van der Waals surface area (Å²) < 4.78 is 12.5. The van der Waals surface area contributed by atoms with Crippen molar-refractivity contribution in [2.45, 2.75) is 6.54 Å². The molecule has 6 heteroatoms. The van der Waals surface area contributed by atoms with Gasteiger partial charge in [-0.2, -0.15) is 0 Å². The van der Waals surface area contributed by atoms with Crippen LogP contribution in [-0.2, 0) is 6.54 Å². The standard InChI is InChI=1S/C10H9N3O2S/c11-10(16)3-13-4-12-6-1-8-9(2-7(6)13)15-5-14-8/h1-2,4H,3,5H2,(H2,11,16). The van der Waals surface area contributed by atoms with Crippen LogP contribution in [0.2, 0.25) is 0 Å². The van der Waals surface area contributed by atoms with Crippen LogP contribution >= 0.6 is 12.2 Å². The number of ether oxygens (including phenoxy) is 2. The number of hydrogen-bond acceptors (Lipinski definition) is 4. The molecule has 2 heterocycles. The Morgan fingerprint density at radius 2 is 2.19 bits per heavy atom. The van der Waals surface area contributed by atoms with Crippen molar-refractivity contribution in [3.63, 3.8) is 0 Å². The SMILES string of the molecule is NC(=S)Cn1cnc2cc3c(cc21)OCO3. The van der Waals surface area contributed by atoms with Crippen molar-refractivity contribution in [3.8, 4) is 11.5 Å². The number of imidazole rings is 1. The molecule has 0 atom stereocenters. The highest BCUT2D eigenvalue weighted by atomic mass is 32.1. The zero-order valence-electron chi connectivity index (χ0n) is 8.34. The Kier molecular flexibility index (Phi) is 1.97. The molecule has 16 heavy (non-hydrogen) atoms. The fraction of sp³-hybridized carbons (Fsp3) is 0.200. The fourth-order valence-electron chi connectivity index (χ4n) is 1.74. The van der Waals surface area contributed by atoms with Gasteiger partial charge in [0.2, 0.25) is 6.79 Å². The predicted molar refractivity (Wildman–Crippen MR) is 62.6 cm³/mol. The summed E-state index contributed by atoms with van der Waals surface area (Å²) in [7, 11) is 0. The highest BCUT2D eigenvalue weighted by Crippen LogP contribution is 2.35. The molecule has 2 N–H and O–H groups in total.